The van der Waals surface area contributed by atoms with Crippen LogP contribution in [0.3, 0.4) is 0 Å². The fourth-order valence-corrected chi connectivity index (χ4v) is 3.55. The summed E-state index contributed by atoms with van der Waals surface area (Å²) in [6.45, 7) is 4.15. The number of hydrogen-bond donors (Lipinski definition) is 1. The minimum Gasteiger partial charge on any atom is -0.465 e. The quantitative estimate of drug-likeness (QED) is 0.860. The Morgan fingerprint density at radius 3 is 2.48 bits per heavy atom. The van der Waals surface area contributed by atoms with Crippen molar-refractivity contribution in [1.29, 1.82) is 0 Å². The maximum atomic E-state index is 12.2. The van der Waals surface area contributed by atoms with Gasteiger partial charge in [-0.15, -0.1) is 0 Å². The van der Waals surface area contributed by atoms with Crippen LogP contribution in [0.4, 0.5) is 4.79 Å². The van der Waals surface area contributed by atoms with Crippen molar-refractivity contribution >= 4 is 16.2 Å². The smallest absolute Gasteiger partial charge is 0.407 e. The number of likely N-dealkylation sites (tertiary alicyclic amines) is 1. The van der Waals surface area contributed by atoms with E-state index in [-0.39, 0.29) is 17.4 Å². The average molecular weight is 313 g/mol. The van der Waals surface area contributed by atoms with Gasteiger partial charge in [-0.25, -0.2) is 4.79 Å². The van der Waals surface area contributed by atoms with Crippen LogP contribution in [0.2, 0.25) is 0 Å². The lowest BCUT2D eigenvalue weighted by Crippen LogP contribution is -2.29. The minimum atomic E-state index is -3.87. The molecule has 1 fully saturated rings. The largest absolute Gasteiger partial charge is 0.465 e. The van der Waals surface area contributed by atoms with Gasteiger partial charge < -0.3 is 10.0 Å². The summed E-state index contributed by atoms with van der Waals surface area (Å²) in [5, 5.41) is 9.01. The lowest BCUT2D eigenvalue weighted by molar-refractivity contribution is 0.145. The van der Waals surface area contributed by atoms with E-state index in [1.54, 1.807) is 12.1 Å². The molecule has 0 spiro atoms. The van der Waals surface area contributed by atoms with Crippen LogP contribution in [-0.2, 0) is 14.3 Å². The second-order valence-corrected chi connectivity index (χ2v) is 6.83. The van der Waals surface area contributed by atoms with E-state index in [4.69, 9.17) is 9.29 Å². The molecule has 1 aliphatic rings. The topological polar surface area (TPSA) is 83.9 Å². The molecule has 0 saturated carbocycles. The van der Waals surface area contributed by atoms with Crippen LogP contribution in [0.5, 0.6) is 0 Å². The SMILES string of the molecule is CCC1CN(C(=O)O)CC1OS(=O)(=O)c1ccc(C)cc1. The first-order valence-electron chi connectivity index (χ1n) is 6.81. The van der Waals surface area contributed by atoms with Crippen molar-refractivity contribution in [2.45, 2.75) is 31.3 Å². The standard InChI is InChI=1S/C14H19NO5S/c1-3-11-8-15(14(16)17)9-13(11)20-21(18,19)12-6-4-10(2)5-7-12/h4-7,11,13H,3,8-9H2,1-2H3,(H,16,17). The Labute approximate surface area is 124 Å². The van der Waals surface area contributed by atoms with E-state index < -0.39 is 22.3 Å². The Hall–Kier alpha value is -1.60. The Balaban J connectivity index is 2.16. The average Bonchev–Trinajstić information content (AvgIpc) is 2.81. The van der Waals surface area contributed by atoms with E-state index in [0.717, 1.165) is 5.56 Å². The van der Waals surface area contributed by atoms with Gasteiger partial charge in [-0.05, 0) is 25.5 Å². The molecule has 7 heteroatoms. The Morgan fingerprint density at radius 2 is 1.95 bits per heavy atom. The van der Waals surface area contributed by atoms with Crippen LogP contribution < -0.4 is 0 Å². The highest BCUT2D eigenvalue weighted by molar-refractivity contribution is 7.86. The number of hydrogen-bond acceptors (Lipinski definition) is 4. The number of carbonyl (C=O) groups is 1. The highest BCUT2D eigenvalue weighted by Crippen LogP contribution is 2.26. The number of rotatable bonds is 4. The van der Waals surface area contributed by atoms with Crippen LogP contribution in [0, 0.1) is 12.8 Å². The van der Waals surface area contributed by atoms with E-state index in [1.165, 1.54) is 17.0 Å². The van der Waals surface area contributed by atoms with Crippen LogP contribution in [-0.4, -0.2) is 43.7 Å². The van der Waals surface area contributed by atoms with Gasteiger partial charge in [0.25, 0.3) is 10.1 Å². The van der Waals surface area contributed by atoms with Gasteiger partial charge in [0, 0.05) is 12.5 Å². The van der Waals surface area contributed by atoms with Gasteiger partial charge in [-0.2, -0.15) is 8.42 Å². The van der Waals surface area contributed by atoms with Gasteiger partial charge in [0.05, 0.1) is 17.5 Å². The van der Waals surface area contributed by atoms with Crippen molar-refractivity contribution in [3.8, 4) is 0 Å². The Bertz CT molecular complexity index is 611. The van der Waals surface area contributed by atoms with Crippen LogP contribution in [0.15, 0.2) is 29.2 Å². The van der Waals surface area contributed by atoms with Crippen LogP contribution >= 0.6 is 0 Å². The zero-order valence-corrected chi connectivity index (χ0v) is 12.8. The van der Waals surface area contributed by atoms with Gasteiger partial charge in [0.15, 0.2) is 0 Å². The van der Waals surface area contributed by atoms with Gasteiger partial charge in [-0.3, -0.25) is 4.18 Å². The first-order valence-corrected chi connectivity index (χ1v) is 8.22. The molecule has 0 aromatic heterocycles. The summed E-state index contributed by atoms with van der Waals surface area (Å²) in [5.74, 6) is -0.110. The number of carboxylic acid groups (broad SMARTS) is 1. The van der Waals surface area contributed by atoms with Gasteiger partial charge in [0.2, 0.25) is 0 Å². The first kappa shape index (κ1) is 15.8. The molecule has 1 aromatic carbocycles. The maximum absolute atomic E-state index is 12.2. The zero-order valence-electron chi connectivity index (χ0n) is 12.0. The third-order valence-electron chi connectivity index (χ3n) is 3.74. The molecule has 0 bridgehead atoms. The number of aryl methyl sites for hydroxylation is 1. The van der Waals surface area contributed by atoms with E-state index in [1.807, 2.05) is 13.8 Å². The fraction of sp³-hybridized carbons (Fsp3) is 0.500. The number of nitrogens with zero attached hydrogens (tertiary/aromatic N) is 1. The van der Waals surface area contributed by atoms with Crippen LogP contribution in [0.1, 0.15) is 18.9 Å². The molecule has 1 heterocycles. The van der Waals surface area contributed by atoms with E-state index in [9.17, 15) is 13.2 Å². The Morgan fingerprint density at radius 1 is 1.33 bits per heavy atom. The monoisotopic (exact) mass is 313 g/mol. The molecular formula is C14H19NO5S. The summed E-state index contributed by atoms with van der Waals surface area (Å²) >= 11 is 0. The summed E-state index contributed by atoms with van der Waals surface area (Å²) in [7, 11) is -3.87. The molecule has 2 atom stereocenters. The highest BCUT2D eigenvalue weighted by Gasteiger charge is 2.38. The maximum Gasteiger partial charge on any atom is 0.407 e. The molecule has 21 heavy (non-hydrogen) atoms. The third-order valence-corrected chi connectivity index (χ3v) is 5.09. The van der Waals surface area contributed by atoms with Gasteiger partial charge >= 0.3 is 6.09 Å². The third kappa shape index (κ3) is 3.54. The number of benzene rings is 1. The highest BCUT2D eigenvalue weighted by atomic mass is 32.2. The molecule has 1 aliphatic heterocycles. The molecule has 2 rings (SSSR count). The van der Waals surface area contributed by atoms with Crippen molar-refractivity contribution in [2.24, 2.45) is 5.92 Å². The van der Waals surface area contributed by atoms with Crippen molar-refractivity contribution in [1.82, 2.24) is 4.90 Å². The summed E-state index contributed by atoms with van der Waals surface area (Å²) in [6, 6.07) is 6.39. The predicted molar refractivity (Wildman–Crippen MR) is 76.6 cm³/mol. The second kappa shape index (κ2) is 6.03. The second-order valence-electron chi connectivity index (χ2n) is 5.26. The molecule has 2 unspecified atom stereocenters. The molecule has 1 N–H and O–H groups in total. The molecule has 116 valence electrons. The first-order chi connectivity index (χ1) is 9.83. The van der Waals surface area contributed by atoms with Gasteiger partial charge in [0.1, 0.15) is 0 Å². The summed E-state index contributed by atoms with van der Waals surface area (Å²) in [4.78, 5) is 12.3. The molecule has 1 aromatic rings. The fourth-order valence-electron chi connectivity index (χ4n) is 2.42. The van der Waals surface area contributed by atoms with Crippen molar-refractivity contribution in [2.75, 3.05) is 13.1 Å². The predicted octanol–water partition coefficient (Wildman–Crippen LogP) is 2.09. The normalized spacial score (nSPS) is 22.5. The van der Waals surface area contributed by atoms with Crippen molar-refractivity contribution in [3.05, 3.63) is 29.8 Å². The molecule has 0 aliphatic carbocycles. The van der Waals surface area contributed by atoms with E-state index in [2.05, 4.69) is 0 Å². The number of amides is 1. The molecule has 1 saturated heterocycles. The Kier molecular flexibility index (Phi) is 4.53. The summed E-state index contributed by atoms with van der Waals surface area (Å²) in [6.07, 6.45) is -1.01. The van der Waals surface area contributed by atoms with Crippen molar-refractivity contribution < 1.29 is 22.5 Å². The van der Waals surface area contributed by atoms with Crippen molar-refractivity contribution in [3.63, 3.8) is 0 Å². The molecule has 6 nitrogen and oxygen atoms in total. The van der Waals surface area contributed by atoms with Crippen LogP contribution in [0.25, 0.3) is 0 Å². The van der Waals surface area contributed by atoms with E-state index in [0.29, 0.717) is 13.0 Å². The van der Waals surface area contributed by atoms with E-state index >= 15 is 0 Å². The summed E-state index contributed by atoms with van der Waals surface area (Å²) in [5.41, 5.74) is 0.957. The molecular weight excluding hydrogens is 294 g/mol. The molecule has 1 amide bonds. The minimum absolute atomic E-state index is 0.0823. The zero-order chi connectivity index (χ0) is 15.6. The lowest BCUT2D eigenvalue weighted by Gasteiger charge is -2.16. The molecule has 0 radical (unpaired) electrons. The lowest BCUT2D eigenvalue weighted by atomic mass is 10.0. The van der Waals surface area contributed by atoms with Gasteiger partial charge in [-0.1, -0.05) is 24.6 Å². The summed E-state index contributed by atoms with van der Waals surface area (Å²) < 4.78 is 29.8.